The average Bonchev–Trinajstić information content (AvgIpc) is 2.77. The zero-order chi connectivity index (χ0) is 22.6. The maximum Gasteiger partial charge on any atom is 0.314 e. The number of unbranched alkanes of at least 4 members (excludes halogenated alkanes) is 10. The second kappa shape index (κ2) is 18.7. The topological polar surface area (TPSA) is 52.6 Å². The van der Waals surface area contributed by atoms with Crippen LogP contribution in [0.2, 0.25) is 0 Å². The van der Waals surface area contributed by atoms with E-state index in [-0.39, 0.29) is 18.4 Å². The van der Waals surface area contributed by atoms with Gasteiger partial charge >= 0.3 is 11.9 Å². The summed E-state index contributed by atoms with van der Waals surface area (Å²) in [5.74, 6) is -0.681. The van der Waals surface area contributed by atoms with E-state index in [9.17, 15) is 9.59 Å². The Labute approximate surface area is 189 Å². The Morgan fingerprint density at radius 2 is 1.45 bits per heavy atom. The number of esters is 2. The number of hydrogen-bond donors (Lipinski definition) is 0. The zero-order valence-corrected chi connectivity index (χ0v) is 19.7. The fourth-order valence-corrected chi connectivity index (χ4v) is 3.48. The van der Waals surface area contributed by atoms with Gasteiger partial charge in [-0.2, -0.15) is 0 Å². The summed E-state index contributed by atoms with van der Waals surface area (Å²) in [5, 5.41) is 0. The van der Waals surface area contributed by atoms with Crippen molar-refractivity contribution in [3.63, 3.8) is 0 Å². The van der Waals surface area contributed by atoms with Gasteiger partial charge < -0.3 is 9.47 Å². The van der Waals surface area contributed by atoms with Crippen molar-refractivity contribution in [3.05, 3.63) is 42.7 Å². The van der Waals surface area contributed by atoms with Crippen LogP contribution in [0.3, 0.4) is 0 Å². The summed E-state index contributed by atoms with van der Waals surface area (Å²) in [7, 11) is 0. The molecule has 0 aliphatic carbocycles. The van der Waals surface area contributed by atoms with E-state index in [1.807, 2.05) is 24.3 Å². The number of benzene rings is 1. The smallest absolute Gasteiger partial charge is 0.314 e. The predicted molar refractivity (Wildman–Crippen MR) is 127 cm³/mol. The minimum absolute atomic E-state index is 0.0495. The molecule has 1 unspecified atom stereocenters. The minimum atomic E-state index is -0.461. The first-order chi connectivity index (χ1) is 15.2. The number of hydrogen-bond acceptors (Lipinski definition) is 4. The van der Waals surface area contributed by atoms with Crippen molar-refractivity contribution in [3.8, 4) is 5.75 Å². The minimum Gasteiger partial charge on any atom is -0.435 e. The monoisotopic (exact) mass is 430 g/mol. The second-order valence-electron chi connectivity index (χ2n) is 8.26. The maximum atomic E-state index is 12.6. The first kappa shape index (κ1) is 26.9. The molecule has 0 N–H and O–H groups in total. The zero-order valence-electron chi connectivity index (χ0n) is 19.7. The van der Waals surface area contributed by atoms with Crippen LogP contribution in [-0.4, -0.2) is 11.9 Å². The van der Waals surface area contributed by atoms with Gasteiger partial charge in [0.1, 0.15) is 5.75 Å². The van der Waals surface area contributed by atoms with Gasteiger partial charge in [-0.1, -0.05) is 96.3 Å². The molecule has 0 bridgehead atoms. The summed E-state index contributed by atoms with van der Waals surface area (Å²) in [4.78, 5) is 25.0. The Morgan fingerprint density at radius 3 is 2.13 bits per heavy atom. The molecule has 0 radical (unpaired) electrons. The molecule has 174 valence electrons. The number of carbonyl (C=O) groups excluding carboxylic acids is 2. The molecule has 0 spiro atoms. The van der Waals surface area contributed by atoms with Crippen molar-refractivity contribution in [1.82, 2.24) is 0 Å². The molecule has 1 atom stereocenters. The maximum absolute atomic E-state index is 12.6. The van der Waals surface area contributed by atoms with Gasteiger partial charge in [0.25, 0.3) is 0 Å². The van der Waals surface area contributed by atoms with E-state index < -0.39 is 5.92 Å². The van der Waals surface area contributed by atoms with E-state index in [2.05, 4.69) is 13.8 Å². The van der Waals surface area contributed by atoms with Crippen LogP contribution in [0.15, 0.2) is 42.7 Å². The van der Waals surface area contributed by atoms with Gasteiger partial charge in [0, 0.05) is 0 Å². The SMILES string of the molecule is CCCCCCC=COC(=O)C(CCCCCCCCC)CC(=O)Oc1ccccc1. The summed E-state index contributed by atoms with van der Waals surface area (Å²) in [6.45, 7) is 4.40. The van der Waals surface area contributed by atoms with Crippen LogP contribution in [0.5, 0.6) is 5.75 Å². The van der Waals surface area contributed by atoms with Gasteiger partial charge in [-0.3, -0.25) is 9.59 Å². The Bertz CT molecular complexity index is 609. The van der Waals surface area contributed by atoms with Crippen molar-refractivity contribution in [1.29, 1.82) is 0 Å². The lowest BCUT2D eigenvalue weighted by Crippen LogP contribution is -2.22. The fourth-order valence-electron chi connectivity index (χ4n) is 3.48. The van der Waals surface area contributed by atoms with Crippen LogP contribution in [0.1, 0.15) is 104 Å². The molecular weight excluding hydrogens is 388 g/mol. The molecular formula is C27H42O4. The highest BCUT2D eigenvalue weighted by atomic mass is 16.5. The third kappa shape index (κ3) is 14.5. The molecule has 0 aromatic heterocycles. The quantitative estimate of drug-likeness (QED) is 0.103. The van der Waals surface area contributed by atoms with Gasteiger partial charge in [0.15, 0.2) is 0 Å². The Kier molecular flexibility index (Phi) is 16.2. The molecule has 1 aromatic carbocycles. The molecule has 31 heavy (non-hydrogen) atoms. The van der Waals surface area contributed by atoms with Crippen molar-refractivity contribution < 1.29 is 19.1 Å². The van der Waals surface area contributed by atoms with E-state index >= 15 is 0 Å². The average molecular weight is 431 g/mol. The number of ether oxygens (including phenoxy) is 2. The molecule has 1 aromatic rings. The number of rotatable bonds is 18. The van der Waals surface area contributed by atoms with E-state index in [0.717, 1.165) is 25.7 Å². The van der Waals surface area contributed by atoms with Crippen molar-refractivity contribution in [2.24, 2.45) is 5.92 Å². The highest BCUT2D eigenvalue weighted by Crippen LogP contribution is 2.19. The molecule has 4 heteroatoms. The van der Waals surface area contributed by atoms with Crippen LogP contribution in [-0.2, 0) is 14.3 Å². The number of para-hydroxylation sites is 1. The van der Waals surface area contributed by atoms with Gasteiger partial charge in [-0.15, -0.1) is 0 Å². The summed E-state index contributed by atoms with van der Waals surface area (Å²) in [6, 6.07) is 8.98. The van der Waals surface area contributed by atoms with Crippen molar-refractivity contribution in [2.45, 2.75) is 104 Å². The summed E-state index contributed by atoms with van der Waals surface area (Å²) >= 11 is 0. The van der Waals surface area contributed by atoms with Crippen LogP contribution in [0.4, 0.5) is 0 Å². The molecule has 1 rings (SSSR count). The van der Waals surface area contributed by atoms with Crippen molar-refractivity contribution >= 4 is 11.9 Å². The van der Waals surface area contributed by atoms with E-state index in [4.69, 9.17) is 9.47 Å². The number of allylic oxidation sites excluding steroid dienone is 1. The third-order valence-corrected chi connectivity index (χ3v) is 5.38. The molecule has 4 nitrogen and oxygen atoms in total. The standard InChI is InChI=1S/C27H42O4/c1-3-5-7-9-11-12-15-19-24(23-26(28)31-25-20-16-14-17-21-25)27(29)30-22-18-13-10-8-6-4-2/h14,16-18,20-22,24H,3-13,15,19,23H2,1-2H3. The lowest BCUT2D eigenvalue weighted by Gasteiger charge is -2.14. The predicted octanol–water partition coefficient (Wildman–Crippen LogP) is 7.77. The van der Waals surface area contributed by atoms with E-state index in [1.54, 1.807) is 12.1 Å². The third-order valence-electron chi connectivity index (χ3n) is 5.38. The Morgan fingerprint density at radius 1 is 0.839 bits per heavy atom. The van der Waals surface area contributed by atoms with E-state index in [0.29, 0.717) is 12.2 Å². The first-order valence-corrected chi connectivity index (χ1v) is 12.3. The lowest BCUT2D eigenvalue weighted by atomic mass is 9.97. The fraction of sp³-hybridized carbons (Fsp3) is 0.630. The molecule has 0 amide bonds. The lowest BCUT2D eigenvalue weighted by molar-refractivity contribution is -0.148. The normalized spacial score (nSPS) is 12.1. The summed E-state index contributed by atoms with van der Waals surface area (Å²) in [5.41, 5.74) is 0. The highest BCUT2D eigenvalue weighted by molar-refractivity contribution is 5.81. The first-order valence-electron chi connectivity index (χ1n) is 12.3. The molecule has 0 heterocycles. The van der Waals surface area contributed by atoms with Crippen LogP contribution < -0.4 is 4.74 Å². The molecule has 0 aliphatic rings. The molecule has 0 fully saturated rings. The number of carbonyl (C=O) groups is 2. The second-order valence-corrected chi connectivity index (χ2v) is 8.26. The molecule has 0 saturated heterocycles. The van der Waals surface area contributed by atoms with Gasteiger partial charge in [0.2, 0.25) is 0 Å². The van der Waals surface area contributed by atoms with Gasteiger partial charge in [-0.25, -0.2) is 0 Å². The summed E-state index contributed by atoms with van der Waals surface area (Å²) in [6.07, 6.45) is 18.0. The Balaban J connectivity index is 2.46. The largest absolute Gasteiger partial charge is 0.435 e. The Hall–Kier alpha value is -2.10. The molecule has 0 saturated carbocycles. The summed E-state index contributed by atoms with van der Waals surface area (Å²) < 4.78 is 10.7. The van der Waals surface area contributed by atoms with Crippen LogP contribution in [0, 0.1) is 5.92 Å². The van der Waals surface area contributed by atoms with Crippen molar-refractivity contribution in [2.75, 3.05) is 0 Å². The van der Waals surface area contributed by atoms with E-state index in [1.165, 1.54) is 57.6 Å². The van der Waals surface area contributed by atoms with Crippen LogP contribution >= 0.6 is 0 Å². The highest BCUT2D eigenvalue weighted by Gasteiger charge is 2.24. The molecule has 0 aliphatic heterocycles. The van der Waals surface area contributed by atoms with Crippen LogP contribution in [0.25, 0.3) is 0 Å². The van der Waals surface area contributed by atoms with Gasteiger partial charge in [0.05, 0.1) is 18.6 Å². The van der Waals surface area contributed by atoms with Gasteiger partial charge in [-0.05, 0) is 37.5 Å².